The molecule has 0 atom stereocenters. The molecule has 0 unspecified atom stereocenters. The quantitative estimate of drug-likeness (QED) is 0.231. The fraction of sp³-hybridized carbons (Fsp3) is 0.0417. The van der Waals surface area contributed by atoms with E-state index in [0.717, 1.165) is 15.4 Å². The van der Waals surface area contributed by atoms with E-state index in [9.17, 15) is 9.59 Å². The molecule has 0 bridgehead atoms. The molecule has 0 aliphatic heterocycles. The fourth-order valence-corrected chi connectivity index (χ4v) is 4.24. The van der Waals surface area contributed by atoms with Crippen molar-refractivity contribution in [1.82, 2.24) is 25.6 Å². The number of halogens is 2. The summed E-state index contributed by atoms with van der Waals surface area (Å²) in [6, 6.07) is 19.7. The highest BCUT2D eigenvalue weighted by molar-refractivity contribution is 9.10. The zero-order chi connectivity index (χ0) is 24.4. The molecule has 35 heavy (non-hydrogen) atoms. The number of rotatable bonds is 6. The average Bonchev–Trinajstić information content (AvgIpc) is 3.52. The van der Waals surface area contributed by atoms with E-state index < -0.39 is 0 Å². The minimum atomic E-state index is -0.356. The van der Waals surface area contributed by atoms with E-state index in [1.54, 1.807) is 36.4 Å². The second-order valence-corrected chi connectivity index (χ2v) is 8.99. The summed E-state index contributed by atoms with van der Waals surface area (Å²) >= 11 is 9.60. The molecular formula is C24H17BrClN7O2. The highest BCUT2D eigenvalue weighted by Gasteiger charge is 2.17. The minimum Gasteiger partial charge on any atom is -0.349 e. The Balaban J connectivity index is 1.38. The standard InChI is InChI=1S/C24H17BrClN7O2/c25-15-8-9-18(16(12-15)23-30-32-33-31-23)29-24(35)20-10-14-5-3-7-19(22(14)28-20)27-21(34)11-13-4-1-2-6-17(13)26/h1-10,12,28H,11H2,(H,27,34)(H,29,35)(H,30,31,32,33). The monoisotopic (exact) mass is 549 g/mol. The summed E-state index contributed by atoms with van der Waals surface area (Å²) in [6.45, 7) is 0. The lowest BCUT2D eigenvalue weighted by Gasteiger charge is -2.09. The van der Waals surface area contributed by atoms with Gasteiger partial charge in [-0.05, 0) is 52.4 Å². The minimum absolute atomic E-state index is 0.132. The van der Waals surface area contributed by atoms with Crippen molar-refractivity contribution < 1.29 is 9.59 Å². The molecule has 0 saturated heterocycles. The van der Waals surface area contributed by atoms with Crippen LogP contribution in [0.4, 0.5) is 11.4 Å². The Kier molecular flexibility index (Phi) is 6.30. The number of aromatic amines is 2. The lowest BCUT2D eigenvalue weighted by Crippen LogP contribution is -2.15. The van der Waals surface area contributed by atoms with Gasteiger partial charge in [0.05, 0.1) is 23.3 Å². The van der Waals surface area contributed by atoms with Gasteiger partial charge in [0, 0.05) is 20.4 Å². The highest BCUT2D eigenvalue weighted by Crippen LogP contribution is 2.30. The normalized spacial score (nSPS) is 10.9. The molecule has 5 aromatic rings. The van der Waals surface area contributed by atoms with Crippen LogP contribution in [0.3, 0.4) is 0 Å². The van der Waals surface area contributed by atoms with Crippen LogP contribution in [-0.4, -0.2) is 37.4 Å². The van der Waals surface area contributed by atoms with Gasteiger partial charge in [-0.3, -0.25) is 9.59 Å². The maximum Gasteiger partial charge on any atom is 0.272 e. The van der Waals surface area contributed by atoms with Gasteiger partial charge in [-0.25, -0.2) is 5.10 Å². The van der Waals surface area contributed by atoms with Crippen molar-refractivity contribution in [2.24, 2.45) is 0 Å². The largest absolute Gasteiger partial charge is 0.349 e. The molecule has 2 amide bonds. The van der Waals surface area contributed by atoms with Crippen molar-refractivity contribution in [3.63, 3.8) is 0 Å². The summed E-state index contributed by atoms with van der Waals surface area (Å²) in [5.41, 5.74) is 3.43. The third kappa shape index (κ3) is 4.93. The van der Waals surface area contributed by atoms with Gasteiger partial charge in [0.1, 0.15) is 5.69 Å². The molecule has 0 saturated carbocycles. The van der Waals surface area contributed by atoms with E-state index >= 15 is 0 Å². The first kappa shape index (κ1) is 22.8. The number of amides is 2. The number of anilines is 2. The van der Waals surface area contributed by atoms with Gasteiger partial charge in [0.15, 0.2) is 5.82 Å². The molecular weight excluding hydrogens is 534 g/mol. The number of fused-ring (bicyclic) bond motifs is 1. The Hall–Kier alpha value is -4.02. The van der Waals surface area contributed by atoms with Crippen molar-refractivity contribution in [3.05, 3.63) is 87.5 Å². The van der Waals surface area contributed by atoms with E-state index in [1.165, 1.54) is 0 Å². The molecule has 11 heteroatoms. The molecule has 5 rings (SSSR count). The van der Waals surface area contributed by atoms with Crippen LogP contribution in [0.25, 0.3) is 22.3 Å². The summed E-state index contributed by atoms with van der Waals surface area (Å²) < 4.78 is 0.810. The number of aromatic nitrogens is 5. The van der Waals surface area contributed by atoms with Gasteiger partial charge in [-0.2, -0.15) is 0 Å². The van der Waals surface area contributed by atoms with Gasteiger partial charge in [0.25, 0.3) is 5.91 Å². The third-order valence-electron chi connectivity index (χ3n) is 5.31. The Morgan fingerprint density at radius 2 is 1.83 bits per heavy atom. The van der Waals surface area contributed by atoms with Crippen LogP contribution < -0.4 is 10.6 Å². The molecule has 0 fully saturated rings. The van der Waals surface area contributed by atoms with E-state index in [0.29, 0.717) is 39.0 Å². The Morgan fingerprint density at radius 3 is 2.63 bits per heavy atom. The Labute approximate surface area is 212 Å². The van der Waals surface area contributed by atoms with Crippen LogP contribution in [0.5, 0.6) is 0 Å². The Morgan fingerprint density at radius 1 is 0.971 bits per heavy atom. The smallest absolute Gasteiger partial charge is 0.272 e. The lowest BCUT2D eigenvalue weighted by molar-refractivity contribution is -0.115. The predicted octanol–water partition coefficient (Wildman–Crippen LogP) is 5.20. The van der Waals surface area contributed by atoms with Crippen LogP contribution in [0.2, 0.25) is 5.02 Å². The van der Waals surface area contributed by atoms with E-state index in [1.807, 2.05) is 30.3 Å². The summed E-state index contributed by atoms with van der Waals surface area (Å²) in [7, 11) is 0. The molecule has 2 aromatic heterocycles. The van der Waals surface area contributed by atoms with E-state index in [-0.39, 0.29) is 18.2 Å². The molecule has 174 valence electrons. The second-order valence-electron chi connectivity index (χ2n) is 7.66. The van der Waals surface area contributed by atoms with Gasteiger partial charge >= 0.3 is 0 Å². The molecule has 3 aromatic carbocycles. The molecule has 2 heterocycles. The first-order chi connectivity index (χ1) is 17.0. The second kappa shape index (κ2) is 9.69. The number of tetrazole rings is 1. The van der Waals surface area contributed by atoms with Gasteiger partial charge < -0.3 is 15.6 Å². The molecule has 4 N–H and O–H groups in total. The fourth-order valence-electron chi connectivity index (χ4n) is 3.68. The predicted molar refractivity (Wildman–Crippen MR) is 137 cm³/mol. The van der Waals surface area contributed by atoms with Crippen molar-refractivity contribution in [2.75, 3.05) is 10.6 Å². The van der Waals surface area contributed by atoms with Crippen LogP contribution in [0.1, 0.15) is 16.1 Å². The van der Waals surface area contributed by atoms with Gasteiger partial charge in [0.2, 0.25) is 5.91 Å². The number of benzene rings is 3. The molecule has 9 nitrogen and oxygen atoms in total. The third-order valence-corrected chi connectivity index (χ3v) is 6.18. The summed E-state index contributed by atoms with van der Waals surface area (Å²) in [4.78, 5) is 28.9. The van der Waals surface area contributed by atoms with E-state index in [2.05, 4.69) is 52.2 Å². The maximum atomic E-state index is 13.1. The molecule has 0 radical (unpaired) electrons. The first-order valence-electron chi connectivity index (χ1n) is 10.5. The first-order valence-corrected chi connectivity index (χ1v) is 11.6. The van der Waals surface area contributed by atoms with Crippen molar-refractivity contribution in [3.8, 4) is 11.4 Å². The number of hydrogen-bond donors (Lipinski definition) is 4. The molecule has 0 aliphatic carbocycles. The van der Waals surface area contributed by atoms with E-state index in [4.69, 9.17) is 11.6 Å². The number of carbonyl (C=O) groups excluding carboxylic acids is 2. The number of nitrogens with one attached hydrogen (secondary N) is 4. The molecule has 0 spiro atoms. The average molecular weight is 551 g/mol. The van der Waals surface area contributed by atoms with Crippen molar-refractivity contribution in [2.45, 2.75) is 6.42 Å². The van der Waals surface area contributed by atoms with Crippen LogP contribution in [0, 0.1) is 0 Å². The van der Waals surface area contributed by atoms with Crippen molar-refractivity contribution in [1.29, 1.82) is 0 Å². The maximum absolute atomic E-state index is 13.1. The summed E-state index contributed by atoms with van der Waals surface area (Å²) in [6.07, 6.45) is 0.132. The highest BCUT2D eigenvalue weighted by atomic mass is 79.9. The summed E-state index contributed by atoms with van der Waals surface area (Å²) in [5, 5.41) is 21.0. The number of para-hydroxylation sites is 1. The topological polar surface area (TPSA) is 128 Å². The van der Waals surface area contributed by atoms with Gasteiger partial charge in [-0.1, -0.05) is 57.9 Å². The van der Waals surface area contributed by atoms with Crippen LogP contribution in [-0.2, 0) is 11.2 Å². The lowest BCUT2D eigenvalue weighted by atomic mass is 10.1. The van der Waals surface area contributed by atoms with Crippen LogP contribution >= 0.6 is 27.5 Å². The Bertz CT molecular complexity index is 1550. The SMILES string of the molecule is O=C(Cc1ccccc1Cl)Nc1cccc2cc(C(=O)Nc3ccc(Br)cc3-c3nnn[nH]3)[nH]c12. The zero-order valence-electron chi connectivity index (χ0n) is 18.0. The zero-order valence-corrected chi connectivity index (χ0v) is 20.3. The van der Waals surface area contributed by atoms with Crippen LogP contribution in [0.15, 0.2) is 71.2 Å². The number of nitrogens with zero attached hydrogens (tertiary/aromatic N) is 3. The number of carbonyl (C=O) groups is 2. The van der Waals surface area contributed by atoms with Gasteiger partial charge in [-0.15, -0.1) is 5.10 Å². The molecule has 0 aliphatic rings. The number of hydrogen-bond acceptors (Lipinski definition) is 5. The number of H-pyrrole nitrogens is 2. The summed E-state index contributed by atoms with van der Waals surface area (Å²) in [5.74, 6) is -0.154. The van der Waals surface area contributed by atoms with Crippen molar-refractivity contribution >= 4 is 61.6 Å².